The first kappa shape index (κ1) is 31.6. The minimum absolute atomic E-state index is 0.00633. The summed E-state index contributed by atoms with van der Waals surface area (Å²) >= 11 is 0. The van der Waals surface area contributed by atoms with E-state index in [1.54, 1.807) is 0 Å². The Morgan fingerprint density at radius 1 is 0.756 bits per heavy atom. The number of carbonyl (C=O) groups excluding carboxylic acids is 4. The predicted molar refractivity (Wildman–Crippen MR) is 152 cm³/mol. The zero-order valence-electron chi connectivity index (χ0n) is 25.8. The van der Waals surface area contributed by atoms with E-state index in [1.807, 2.05) is 6.92 Å². The lowest BCUT2D eigenvalue weighted by molar-refractivity contribution is -0.218. The first-order valence-electron chi connectivity index (χ1n) is 16.9. The number of aliphatic hydroxyl groups excluding tert-OH is 2. The molecular weight excluding hydrogens is 588 g/mol. The number of hydrogen-bond donors (Lipinski definition) is 2. The van der Waals surface area contributed by atoms with Crippen molar-refractivity contribution in [3.8, 4) is 0 Å². The number of fused-ring (bicyclic) bond motifs is 4. The third-order valence-electron chi connectivity index (χ3n) is 12.1. The van der Waals surface area contributed by atoms with Crippen LogP contribution in [-0.2, 0) is 47.6 Å². The van der Waals surface area contributed by atoms with Gasteiger partial charge in [-0.3, -0.25) is 9.59 Å². The average Bonchev–Trinajstić information content (AvgIpc) is 3.92. The molecule has 3 aliphatic carbocycles. The Kier molecular flexibility index (Phi) is 8.84. The number of aldehydes is 2. The minimum Gasteiger partial charge on any atom is -0.465 e. The lowest BCUT2D eigenvalue weighted by Gasteiger charge is -2.51. The molecule has 14 unspecified atom stereocenters. The van der Waals surface area contributed by atoms with E-state index >= 15 is 0 Å². The van der Waals surface area contributed by atoms with Crippen molar-refractivity contribution in [1.82, 2.24) is 0 Å². The first-order chi connectivity index (χ1) is 21.8. The zero-order chi connectivity index (χ0) is 31.5. The van der Waals surface area contributed by atoms with Gasteiger partial charge in [0, 0.05) is 25.0 Å². The Morgan fingerprint density at radius 2 is 1.36 bits per heavy atom. The van der Waals surface area contributed by atoms with E-state index in [9.17, 15) is 29.4 Å². The van der Waals surface area contributed by atoms with E-state index in [2.05, 4.69) is 0 Å². The fourth-order valence-corrected chi connectivity index (χ4v) is 9.68. The molecule has 4 aliphatic heterocycles. The third-order valence-corrected chi connectivity index (χ3v) is 12.1. The Bertz CT molecular complexity index is 1140. The van der Waals surface area contributed by atoms with Crippen molar-refractivity contribution in [2.75, 3.05) is 26.4 Å². The molecule has 3 saturated carbocycles. The van der Waals surface area contributed by atoms with Gasteiger partial charge in [-0.2, -0.15) is 0 Å². The molecule has 0 aromatic carbocycles. The lowest BCUT2D eigenvalue weighted by Crippen LogP contribution is -2.60. The molecule has 0 aromatic heterocycles. The quantitative estimate of drug-likeness (QED) is 0.135. The van der Waals surface area contributed by atoms with E-state index < -0.39 is 29.4 Å². The maximum atomic E-state index is 13.5. The van der Waals surface area contributed by atoms with Crippen LogP contribution >= 0.6 is 0 Å². The summed E-state index contributed by atoms with van der Waals surface area (Å²) in [5.74, 6) is -5.57. The second-order valence-electron chi connectivity index (χ2n) is 14.5. The zero-order valence-corrected chi connectivity index (χ0v) is 25.8. The van der Waals surface area contributed by atoms with Crippen molar-refractivity contribution in [1.29, 1.82) is 0 Å². The van der Waals surface area contributed by atoms with Gasteiger partial charge in [0.15, 0.2) is 5.92 Å². The number of esters is 2. The van der Waals surface area contributed by atoms with Crippen LogP contribution in [0.3, 0.4) is 0 Å². The third kappa shape index (κ3) is 5.67. The van der Waals surface area contributed by atoms with Crippen molar-refractivity contribution < 1.29 is 57.8 Å². The number of carbonyl (C=O) groups is 4. The van der Waals surface area contributed by atoms with Gasteiger partial charge in [-0.05, 0) is 82.0 Å². The highest BCUT2D eigenvalue weighted by atomic mass is 16.6. The van der Waals surface area contributed by atoms with E-state index in [-0.39, 0.29) is 117 Å². The molecule has 7 aliphatic rings. The molecule has 250 valence electrons. The SMILES string of the molecule is CC1CCC(CO)[C@@]2(O1)C(COC(=O)C(C(=O)OCC1CCC3OC3C1C1C(CO)CCC3OC31)C(C=O)C=O)CCC1OC12. The summed E-state index contributed by atoms with van der Waals surface area (Å²) in [6.45, 7) is 1.87. The molecular formula is C33H46O12. The van der Waals surface area contributed by atoms with Gasteiger partial charge in [0.2, 0.25) is 0 Å². The van der Waals surface area contributed by atoms with Gasteiger partial charge in [0.25, 0.3) is 0 Å². The Morgan fingerprint density at radius 3 is 2.00 bits per heavy atom. The molecule has 0 amide bonds. The molecule has 4 saturated heterocycles. The molecule has 7 rings (SSSR count). The van der Waals surface area contributed by atoms with Crippen LogP contribution in [0.2, 0.25) is 0 Å². The molecule has 12 nitrogen and oxygen atoms in total. The summed E-state index contributed by atoms with van der Waals surface area (Å²) in [6.07, 6.45) is 7.17. The van der Waals surface area contributed by atoms with Gasteiger partial charge < -0.3 is 48.2 Å². The Balaban J connectivity index is 1.03. The van der Waals surface area contributed by atoms with Crippen LogP contribution in [0.5, 0.6) is 0 Å². The van der Waals surface area contributed by atoms with Gasteiger partial charge in [0.1, 0.15) is 24.3 Å². The van der Waals surface area contributed by atoms with E-state index in [0.29, 0.717) is 6.42 Å². The van der Waals surface area contributed by atoms with Crippen molar-refractivity contribution in [3.63, 3.8) is 0 Å². The first-order valence-corrected chi connectivity index (χ1v) is 16.9. The average molecular weight is 635 g/mol. The summed E-state index contributed by atoms with van der Waals surface area (Å²) in [5.41, 5.74) is -0.811. The smallest absolute Gasteiger partial charge is 0.321 e. The molecule has 15 atom stereocenters. The Labute approximate surface area is 262 Å². The van der Waals surface area contributed by atoms with Crippen molar-refractivity contribution >= 4 is 24.5 Å². The van der Waals surface area contributed by atoms with E-state index in [4.69, 9.17) is 28.4 Å². The standard InChI is InChI=1S/C33H46O12/c1-16-2-5-20(13-37)33(45-16)21(6-9-24-30(33)44-24)15-41-32(39)27(19(11-35)12-36)31(38)40-14-18-4-8-23-29(43-23)26(18)25-17(10-34)3-7-22-28(25)42-22/h11-12,16-30,34,37H,2-10,13-15H2,1H3/t16?,17?,18?,20?,21?,22?,23?,24?,25?,26?,27?,28?,29?,30?,33-/m1/s1. The number of rotatable bonds is 12. The topological polar surface area (TPSA) is 174 Å². The highest BCUT2D eigenvalue weighted by molar-refractivity contribution is 6.01. The number of epoxide rings is 3. The number of hydrogen-bond acceptors (Lipinski definition) is 12. The summed E-state index contributed by atoms with van der Waals surface area (Å²) in [7, 11) is 0. The highest BCUT2D eigenvalue weighted by Gasteiger charge is 2.67. The molecule has 7 fully saturated rings. The molecule has 1 spiro atoms. The van der Waals surface area contributed by atoms with Crippen LogP contribution in [0.15, 0.2) is 0 Å². The van der Waals surface area contributed by atoms with Crippen molar-refractivity contribution in [3.05, 3.63) is 0 Å². The molecule has 0 aromatic rings. The normalized spacial score (nSPS) is 46.6. The van der Waals surface area contributed by atoms with Crippen LogP contribution in [0, 0.1) is 47.3 Å². The molecule has 45 heavy (non-hydrogen) atoms. The van der Waals surface area contributed by atoms with Crippen LogP contribution in [-0.4, -0.2) is 109 Å². The maximum Gasteiger partial charge on any atom is 0.321 e. The summed E-state index contributed by atoms with van der Waals surface area (Å²) < 4.78 is 35.8. The van der Waals surface area contributed by atoms with Gasteiger partial charge >= 0.3 is 11.9 Å². The number of aliphatic hydroxyl groups is 2. The van der Waals surface area contributed by atoms with Gasteiger partial charge in [-0.1, -0.05) is 0 Å². The second-order valence-corrected chi connectivity index (χ2v) is 14.5. The highest BCUT2D eigenvalue weighted by Crippen LogP contribution is 2.57. The summed E-state index contributed by atoms with van der Waals surface area (Å²) in [6, 6.07) is 0. The fourth-order valence-electron chi connectivity index (χ4n) is 9.68. The minimum atomic E-state index is -1.73. The van der Waals surface area contributed by atoms with Crippen LogP contribution in [0.4, 0.5) is 0 Å². The molecule has 4 heterocycles. The molecule has 0 radical (unpaired) electrons. The van der Waals surface area contributed by atoms with Gasteiger partial charge in [0.05, 0.1) is 55.8 Å². The summed E-state index contributed by atoms with van der Waals surface area (Å²) in [4.78, 5) is 50.7. The Hall–Kier alpha value is -1.96. The largest absolute Gasteiger partial charge is 0.465 e. The van der Waals surface area contributed by atoms with Crippen molar-refractivity contribution in [2.45, 2.75) is 107 Å². The van der Waals surface area contributed by atoms with Gasteiger partial charge in [-0.25, -0.2) is 0 Å². The monoisotopic (exact) mass is 634 g/mol. The van der Waals surface area contributed by atoms with Crippen LogP contribution < -0.4 is 0 Å². The molecule has 12 heteroatoms. The van der Waals surface area contributed by atoms with E-state index in [0.717, 1.165) is 44.9 Å². The fraction of sp³-hybridized carbons (Fsp3) is 0.879. The van der Waals surface area contributed by atoms with Gasteiger partial charge in [-0.15, -0.1) is 0 Å². The second kappa shape index (κ2) is 12.6. The van der Waals surface area contributed by atoms with Crippen LogP contribution in [0.1, 0.15) is 58.3 Å². The lowest BCUT2D eigenvalue weighted by atomic mass is 9.64. The van der Waals surface area contributed by atoms with Crippen LogP contribution in [0.25, 0.3) is 0 Å². The molecule has 2 N–H and O–H groups in total. The van der Waals surface area contributed by atoms with Crippen molar-refractivity contribution in [2.24, 2.45) is 47.3 Å². The molecule has 0 bridgehead atoms. The maximum absolute atomic E-state index is 13.5. The number of ether oxygens (including phenoxy) is 6. The summed E-state index contributed by atoms with van der Waals surface area (Å²) in [5, 5.41) is 20.4. The van der Waals surface area contributed by atoms with E-state index in [1.165, 1.54) is 0 Å². The predicted octanol–water partition coefficient (Wildman–Crippen LogP) is 1.01.